The largest absolute Gasteiger partial charge is 0.480 e. The number of urea groups is 1. The molecule has 0 saturated heterocycles. The molecule has 1 atom stereocenters. The van der Waals surface area contributed by atoms with Gasteiger partial charge in [-0.25, -0.2) is 9.59 Å². The molecule has 0 saturated carbocycles. The second-order valence-corrected chi connectivity index (χ2v) is 6.11. The van der Waals surface area contributed by atoms with Crippen molar-refractivity contribution >= 4 is 17.7 Å². The number of carbonyl (C=O) groups is 2. The fourth-order valence-corrected chi connectivity index (χ4v) is 1.93. The molecule has 1 aromatic carbocycles. The molecular weight excluding hydrogens is 268 g/mol. The highest BCUT2D eigenvalue weighted by Gasteiger charge is 2.19. The van der Waals surface area contributed by atoms with Gasteiger partial charge in [-0.15, -0.1) is 0 Å². The van der Waals surface area contributed by atoms with E-state index in [9.17, 15) is 9.59 Å². The van der Waals surface area contributed by atoms with Crippen LogP contribution in [0.5, 0.6) is 0 Å². The summed E-state index contributed by atoms with van der Waals surface area (Å²) >= 11 is 0. The topological polar surface area (TPSA) is 78.4 Å². The maximum Gasteiger partial charge on any atom is 0.326 e. The lowest BCUT2D eigenvalue weighted by molar-refractivity contribution is -0.139. The first kappa shape index (κ1) is 17.0. The maximum atomic E-state index is 11.8. The zero-order chi connectivity index (χ0) is 16.0. The lowest BCUT2D eigenvalue weighted by atomic mass is 9.87. The van der Waals surface area contributed by atoms with Crippen molar-refractivity contribution < 1.29 is 14.7 Å². The van der Waals surface area contributed by atoms with E-state index in [0.29, 0.717) is 18.5 Å². The molecule has 0 spiro atoms. The van der Waals surface area contributed by atoms with Gasteiger partial charge in [-0.1, -0.05) is 46.2 Å². The number of carbonyl (C=O) groups excluding carboxylic acids is 1. The van der Waals surface area contributed by atoms with Gasteiger partial charge in [0.2, 0.25) is 0 Å². The highest BCUT2D eigenvalue weighted by Crippen LogP contribution is 2.23. The third-order valence-corrected chi connectivity index (χ3v) is 3.19. The van der Waals surface area contributed by atoms with Crippen molar-refractivity contribution in [3.05, 3.63) is 29.8 Å². The molecule has 1 unspecified atom stereocenters. The lowest BCUT2D eigenvalue weighted by Gasteiger charge is -2.19. The Morgan fingerprint density at radius 1 is 1.19 bits per heavy atom. The Kier molecular flexibility index (Phi) is 5.76. The summed E-state index contributed by atoms with van der Waals surface area (Å²) < 4.78 is 0. The van der Waals surface area contributed by atoms with E-state index in [1.54, 1.807) is 0 Å². The lowest BCUT2D eigenvalue weighted by Crippen LogP contribution is -2.42. The van der Waals surface area contributed by atoms with Crippen molar-refractivity contribution in [2.24, 2.45) is 0 Å². The van der Waals surface area contributed by atoms with Gasteiger partial charge >= 0.3 is 12.0 Å². The van der Waals surface area contributed by atoms with Crippen LogP contribution in [0.1, 0.15) is 46.1 Å². The Balaban J connectivity index is 2.64. The summed E-state index contributed by atoms with van der Waals surface area (Å²) in [4.78, 5) is 22.8. The fourth-order valence-electron chi connectivity index (χ4n) is 1.93. The highest BCUT2D eigenvalue weighted by atomic mass is 16.4. The zero-order valence-corrected chi connectivity index (χ0v) is 13.1. The number of hydrogen-bond acceptors (Lipinski definition) is 2. The van der Waals surface area contributed by atoms with Gasteiger partial charge in [0.1, 0.15) is 6.04 Å². The normalized spacial score (nSPS) is 12.6. The van der Waals surface area contributed by atoms with E-state index in [1.807, 2.05) is 31.2 Å². The molecule has 0 heterocycles. The number of benzene rings is 1. The first-order valence-electron chi connectivity index (χ1n) is 7.15. The van der Waals surface area contributed by atoms with Crippen LogP contribution in [0.3, 0.4) is 0 Å². The molecule has 0 aliphatic heterocycles. The van der Waals surface area contributed by atoms with Crippen LogP contribution in [-0.2, 0) is 10.2 Å². The van der Waals surface area contributed by atoms with Crippen LogP contribution in [-0.4, -0.2) is 23.1 Å². The molecule has 5 nitrogen and oxygen atoms in total. The van der Waals surface area contributed by atoms with E-state index in [0.717, 1.165) is 0 Å². The number of anilines is 1. The molecular formula is C16H24N2O3. The molecule has 21 heavy (non-hydrogen) atoms. The van der Waals surface area contributed by atoms with Gasteiger partial charge in [0.05, 0.1) is 0 Å². The zero-order valence-electron chi connectivity index (χ0n) is 13.1. The van der Waals surface area contributed by atoms with Gasteiger partial charge < -0.3 is 15.7 Å². The SMILES string of the molecule is CCCC(NC(=O)Nc1ccc(C(C)(C)C)cc1)C(=O)O. The molecule has 0 fully saturated rings. The maximum absolute atomic E-state index is 11.8. The number of carboxylic acid groups (broad SMARTS) is 1. The summed E-state index contributed by atoms with van der Waals surface area (Å²) in [6.07, 6.45) is 1.10. The number of hydrogen-bond donors (Lipinski definition) is 3. The van der Waals surface area contributed by atoms with E-state index < -0.39 is 18.0 Å². The van der Waals surface area contributed by atoms with Crippen LogP contribution in [0.25, 0.3) is 0 Å². The number of carboxylic acids is 1. The van der Waals surface area contributed by atoms with Gasteiger partial charge in [0.15, 0.2) is 0 Å². The molecule has 1 rings (SSSR count). The Bertz CT molecular complexity index is 489. The Hall–Kier alpha value is -2.04. The third kappa shape index (κ3) is 5.45. The number of rotatable bonds is 5. The van der Waals surface area contributed by atoms with E-state index in [2.05, 4.69) is 31.4 Å². The minimum Gasteiger partial charge on any atom is -0.480 e. The van der Waals surface area contributed by atoms with E-state index >= 15 is 0 Å². The minimum absolute atomic E-state index is 0.0519. The Labute approximate surface area is 125 Å². The summed E-state index contributed by atoms with van der Waals surface area (Å²) in [6.45, 7) is 8.22. The third-order valence-electron chi connectivity index (χ3n) is 3.19. The van der Waals surface area contributed by atoms with Gasteiger partial charge in [-0.05, 0) is 29.5 Å². The number of aliphatic carboxylic acids is 1. The van der Waals surface area contributed by atoms with Crippen LogP contribution in [0, 0.1) is 0 Å². The summed E-state index contributed by atoms with van der Waals surface area (Å²) in [5.74, 6) is -1.02. The molecule has 2 amide bonds. The van der Waals surface area contributed by atoms with Crippen molar-refractivity contribution in [3.8, 4) is 0 Å². The molecule has 0 aliphatic rings. The van der Waals surface area contributed by atoms with Crippen LogP contribution >= 0.6 is 0 Å². The number of nitrogens with one attached hydrogen (secondary N) is 2. The summed E-state index contributed by atoms with van der Waals surface area (Å²) in [7, 11) is 0. The smallest absolute Gasteiger partial charge is 0.326 e. The standard InChI is InChI=1S/C16H24N2O3/c1-5-6-13(14(19)20)18-15(21)17-12-9-7-11(8-10-12)16(2,3)4/h7-10,13H,5-6H2,1-4H3,(H,19,20)(H2,17,18,21). The second-order valence-electron chi connectivity index (χ2n) is 6.11. The van der Waals surface area contributed by atoms with Crippen molar-refractivity contribution in [3.63, 3.8) is 0 Å². The van der Waals surface area contributed by atoms with Crippen molar-refractivity contribution in [1.82, 2.24) is 5.32 Å². The predicted molar refractivity (Wildman–Crippen MR) is 83.6 cm³/mol. The van der Waals surface area contributed by atoms with Crippen LogP contribution in [0.2, 0.25) is 0 Å². The van der Waals surface area contributed by atoms with Crippen LogP contribution in [0.4, 0.5) is 10.5 Å². The Morgan fingerprint density at radius 2 is 1.76 bits per heavy atom. The molecule has 0 radical (unpaired) electrons. The second kappa shape index (κ2) is 7.11. The molecule has 5 heteroatoms. The molecule has 116 valence electrons. The predicted octanol–water partition coefficient (Wildman–Crippen LogP) is 3.36. The first-order chi connectivity index (χ1) is 9.74. The summed E-state index contributed by atoms with van der Waals surface area (Å²) in [5, 5.41) is 14.1. The van der Waals surface area contributed by atoms with E-state index in [-0.39, 0.29) is 5.41 Å². The Morgan fingerprint density at radius 3 is 2.19 bits per heavy atom. The minimum atomic E-state index is -1.02. The van der Waals surface area contributed by atoms with E-state index in [4.69, 9.17) is 5.11 Å². The monoisotopic (exact) mass is 292 g/mol. The van der Waals surface area contributed by atoms with Gasteiger partial charge in [0.25, 0.3) is 0 Å². The van der Waals surface area contributed by atoms with Crippen molar-refractivity contribution in [1.29, 1.82) is 0 Å². The molecule has 0 aromatic heterocycles. The molecule has 1 aromatic rings. The molecule has 3 N–H and O–H groups in total. The average molecular weight is 292 g/mol. The molecule has 0 aliphatic carbocycles. The summed E-state index contributed by atoms with van der Waals surface area (Å²) in [6, 6.07) is 6.18. The quantitative estimate of drug-likeness (QED) is 0.778. The fraction of sp³-hybridized carbons (Fsp3) is 0.500. The van der Waals surface area contributed by atoms with Crippen LogP contribution < -0.4 is 10.6 Å². The first-order valence-corrected chi connectivity index (χ1v) is 7.15. The highest BCUT2D eigenvalue weighted by molar-refractivity contribution is 5.92. The van der Waals surface area contributed by atoms with Crippen LogP contribution in [0.15, 0.2) is 24.3 Å². The van der Waals surface area contributed by atoms with Crippen molar-refractivity contribution in [2.45, 2.75) is 52.0 Å². The average Bonchev–Trinajstić information content (AvgIpc) is 2.37. The van der Waals surface area contributed by atoms with E-state index in [1.165, 1.54) is 5.56 Å². The van der Waals surface area contributed by atoms with Gasteiger partial charge in [0, 0.05) is 5.69 Å². The summed E-state index contributed by atoms with van der Waals surface area (Å²) in [5.41, 5.74) is 1.86. The molecule has 0 bridgehead atoms. The van der Waals surface area contributed by atoms with Gasteiger partial charge in [-0.2, -0.15) is 0 Å². The van der Waals surface area contributed by atoms with Crippen molar-refractivity contribution in [2.75, 3.05) is 5.32 Å². The number of amides is 2. The van der Waals surface area contributed by atoms with Gasteiger partial charge in [-0.3, -0.25) is 0 Å².